The number of nitrogens with zero attached hydrogens (tertiary/aromatic N) is 1. The number of aliphatic imine (C=N–C) groups is 1. The van der Waals surface area contributed by atoms with Gasteiger partial charge in [0.25, 0.3) is 0 Å². The molecule has 0 aliphatic heterocycles. The summed E-state index contributed by atoms with van der Waals surface area (Å²) >= 11 is 0. The second-order valence-electron chi connectivity index (χ2n) is 6.36. The molecule has 0 saturated carbocycles. The Labute approximate surface area is 175 Å². The molecule has 0 amide bonds. The summed E-state index contributed by atoms with van der Waals surface area (Å²) < 4.78 is 43.6. The molecule has 27 heavy (non-hydrogen) atoms. The number of halogens is 4. The molecule has 1 aromatic carbocycles. The highest BCUT2D eigenvalue weighted by Crippen LogP contribution is 2.29. The van der Waals surface area contributed by atoms with Gasteiger partial charge in [-0.25, -0.2) is 4.99 Å². The van der Waals surface area contributed by atoms with Crippen LogP contribution in [0.25, 0.3) is 0 Å². The fourth-order valence-corrected chi connectivity index (χ4v) is 2.07. The smallest absolute Gasteiger partial charge is 0.389 e. The van der Waals surface area contributed by atoms with Gasteiger partial charge in [-0.15, -0.1) is 24.0 Å². The molecule has 0 saturated heterocycles. The van der Waals surface area contributed by atoms with Gasteiger partial charge in [-0.1, -0.05) is 26.0 Å². The Balaban J connectivity index is 0.00000676. The molecule has 0 aliphatic rings. The van der Waals surface area contributed by atoms with E-state index in [-0.39, 0.29) is 43.7 Å². The van der Waals surface area contributed by atoms with Gasteiger partial charge in [0.1, 0.15) is 0 Å². The van der Waals surface area contributed by atoms with Gasteiger partial charge in [0.2, 0.25) is 0 Å². The van der Waals surface area contributed by atoms with Crippen molar-refractivity contribution in [2.24, 2.45) is 10.9 Å². The summed E-state index contributed by atoms with van der Waals surface area (Å²) in [6, 6.07) is 5.08. The summed E-state index contributed by atoms with van der Waals surface area (Å²) in [6.45, 7) is 7.62. The first-order valence-electron chi connectivity index (χ1n) is 8.66. The van der Waals surface area contributed by atoms with Gasteiger partial charge in [-0.3, -0.25) is 0 Å². The monoisotopic (exact) mass is 503 g/mol. The molecule has 0 aromatic heterocycles. The fraction of sp³-hybridized carbons (Fsp3) is 0.611. The van der Waals surface area contributed by atoms with Crippen molar-refractivity contribution in [3.8, 4) is 0 Å². The molecular weight excluding hydrogens is 474 g/mol. The quantitative estimate of drug-likeness (QED) is 0.275. The third-order valence-corrected chi connectivity index (χ3v) is 3.28. The fourth-order valence-electron chi connectivity index (χ4n) is 2.07. The first-order chi connectivity index (χ1) is 12.2. The molecule has 1 rings (SSSR count). The molecule has 0 heterocycles. The maximum atomic E-state index is 12.7. The van der Waals surface area contributed by atoms with Crippen LogP contribution in [0.3, 0.4) is 0 Å². The lowest BCUT2D eigenvalue weighted by Gasteiger charge is -2.16. The average molecular weight is 503 g/mol. The Morgan fingerprint density at radius 2 is 1.93 bits per heavy atom. The molecule has 0 radical (unpaired) electrons. The Hall–Kier alpha value is -1.07. The highest BCUT2D eigenvalue weighted by molar-refractivity contribution is 14.0. The van der Waals surface area contributed by atoms with E-state index in [9.17, 15) is 18.3 Å². The number of guanidine groups is 1. The Morgan fingerprint density at radius 3 is 2.52 bits per heavy atom. The Bertz CT molecular complexity index is 569. The van der Waals surface area contributed by atoms with E-state index in [1.54, 1.807) is 6.07 Å². The summed E-state index contributed by atoms with van der Waals surface area (Å²) in [5.74, 6) is 0.814. The van der Waals surface area contributed by atoms with E-state index in [1.165, 1.54) is 6.07 Å². The van der Waals surface area contributed by atoms with Crippen LogP contribution >= 0.6 is 24.0 Å². The minimum atomic E-state index is -4.37. The standard InChI is InChI=1S/C18H28F3N3O2.HI/c1-4-22-17(24-10-16(25)12-26-11-13(2)3)23-9-14-6-5-7-15(8-14)18(19,20)21;/h5-8,13,16,25H,4,9-12H2,1-3H3,(H2,22,23,24);1H. The number of ether oxygens (including phenoxy) is 1. The number of aliphatic hydroxyl groups excluding tert-OH is 1. The molecular formula is C18H29F3IN3O2. The van der Waals surface area contributed by atoms with Gasteiger partial charge in [0.15, 0.2) is 5.96 Å². The van der Waals surface area contributed by atoms with E-state index in [0.717, 1.165) is 12.1 Å². The van der Waals surface area contributed by atoms with Crippen molar-refractivity contribution in [3.05, 3.63) is 35.4 Å². The van der Waals surface area contributed by atoms with Crippen molar-refractivity contribution < 1.29 is 23.0 Å². The molecule has 0 spiro atoms. The maximum Gasteiger partial charge on any atom is 0.416 e. The summed E-state index contributed by atoms with van der Waals surface area (Å²) in [6.07, 6.45) is -5.08. The summed E-state index contributed by atoms with van der Waals surface area (Å²) in [7, 11) is 0. The molecule has 0 fully saturated rings. The number of hydrogen-bond acceptors (Lipinski definition) is 3. The highest BCUT2D eigenvalue weighted by atomic mass is 127. The molecule has 1 unspecified atom stereocenters. The first kappa shape index (κ1) is 25.9. The lowest BCUT2D eigenvalue weighted by atomic mass is 10.1. The molecule has 9 heteroatoms. The molecule has 5 nitrogen and oxygen atoms in total. The van der Waals surface area contributed by atoms with Crippen LogP contribution in [0.15, 0.2) is 29.3 Å². The minimum Gasteiger partial charge on any atom is -0.389 e. The van der Waals surface area contributed by atoms with E-state index in [1.807, 2.05) is 20.8 Å². The van der Waals surface area contributed by atoms with Crippen LogP contribution in [-0.2, 0) is 17.5 Å². The molecule has 0 bridgehead atoms. The largest absolute Gasteiger partial charge is 0.416 e. The summed E-state index contributed by atoms with van der Waals surface area (Å²) in [5, 5.41) is 15.8. The normalized spacial score (nSPS) is 13.3. The van der Waals surface area contributed by atoms with Crippen LogP contribution in [0.1, 0.15) is 31.9 Å². The SMILES string of the molecule is CCNC(=NCc1cccc(C(F)(F)F)c1)NCC(O)COCC(C)C.I. The van der Waals surface area contributed by atoms with Crippen molar-refractivity contribution >= 4 is 29.9 Å². The van der Waals surface area contributed by atoms with Crippen LogP contribution in [0, 0.1) is 5.92 Å². The number of benzene rings is 1. The second-order valence-corrected chi connectivity index (χ2v) is 6.36. The average Bonchev–Trinajstić information content (AvgIpc) is 2.56. The van der Waals surface area contributed by atoms with Crippen LogP contribution in [0.2, 0.25) is 0 Å². The maximum absolute atomic E-state index is 12.7. The number of aliphatic hydroxyl groups is 1. The summed E-state index contributed by atoms with van der Waals surface area (Å²) in [4.78, 5) is 4.26. The number of rotatable bonds is 9. The number of hydrogen-bond donors (Lipinski definition) is 3. The van der Waals surface area contributed by atoms with Crippen molar-refractivity contribution in [2.45, 2.75) is 39.6 Å². The number of nitrogens with one attached hydrogen (secondary N) is 2. The van der Waals surface area contributed by atoms with Gasteiger partial charge >= 0.3 is 6.18 Å². The van der Waals surface area contributed by atoms with Crippen LogP contribution < -0.4 is 10.6 Å². The Kier molecular flexibility index (Phi) is 12.6. The predicted molar refractivity (Wildman–Crippen MR) is 111 cm³/mol. The van der Waals surface area contributed by atoms with Crippen molar-refractivity contribution in [3.63, 3.8) is 0 Å². The van der Waals surface area contributed by atoms with Crippen molar-refractivity contribution in [1.82, 2.24) is 10.6 Å². The van der Waals surface area contributed by atoms with Crippen LogP contribution in [-0.4, -0.2) is 43.5 Å². The molecule has 156 valence electrons. The van der Waals surface area contributed by atoms with E-state index < -0.39 is 17.8 Å². The molecule has 1 aromatic rings. The zero-order valence-corrected chi connectivity index (χ0v) is 18.2. The molecule has 0 aliphatic carbocycles. The zero-order valence-electron chi connectivity index (χ0n) is 15.8. The van der Waals surface area contributed by atoms with Gasteiger partial charge in [0, 0.05) is 19.7 Å². The van der Waals surface area contributed by atoms with E-state index in [0.29, 0.717) is 30.6 Å². The molecule has 3 N–H and O–H groups in total. The van der Waals surface area contributed by atoms with Gasteiger partial charge in [-0.05, 0) is 30.5 Å². The van der Waals surface area contributed by atoms with E-state index in [4.69, 9.17) is 4.74 Å². The van der Waals surface area contributed by atoms with Gasteiger partial charge < -0.3 is 20.5 Å². The Morgan fingerprint density at radius 1 is 1.22 bits per heavy atom. The topological polar surface area (TPSA) is 65.9 Å². The second kappa shape index (κ2) is 13.2. The minimum absolute atomic E-state index is 0. The third-order valence-electron chi connectivity index (χ3n) is 3.28. The van der Waals surface area contributed by atoms with Crippen LogP contribution in [0.5, 0.6) is 0 Å². The van der Waals surface area contributed by atoms with E-state index >= 15 is 0 Å². The summed E-state index contributed by atoms with van der Waals surface area (Å²) in [5.41, 5.74) is -0.237. The highest BCUT2D eigenvalue weighted by Gasteiger charge is 2.30. The zero-order chi connectivity index (χ0) is 19.6. The predicted octanol–water partition coefficient (Wildman–Crippen LogP) is 3.41. The number of alkyl halides is 3. The lowest BCUT2D eigenvalue weighted by molar-refractivity contribution is -0.137. The lowest BCUT2D eigenvalue weighted by Crippen LogP contribution is -2.42. The van der Waals surface area contributed by atoms with E-state index in [2.05, 4.69) is 15.6 Å². The van der Waals surface area contributed by atoms with Gasteiger partial charge in [-0.2, -0.15) is 13.2 Å². The van der Waals surface area contributed by atoms with Crippen LogP contribution in [0.4, 0.5) is 13.2 Å². The van der Waals surface area contributed by atoms with Crippen molar-refractivity contribution in [2.75, 3.05) is 26.3 Å². The molecule has 1 atom stereocenters. The third kappa shape index (κ3) is 11.4. The first-order valence-corrected chi connectivity index (χ1v) is 8.66. The van der Waals surface area contributed by atoms with Crippen molar-refractivity contribution in [1.29, 1.82) is 0 Å². The van der Waals surface area contributed by atoms with Gasteiger partial charge in [0.05, 0.1) is 24.8 Å².